The number of nitrogens with zero attached hydrogens (tertiary/aromatic N) is 2. The van der Waals surface area contributed by atoms with E-state index in [4.69, 9.17) is 11.6 Å². The smallest absolute Gasteiger partial charge is 0.229 e. The van der Waals surface area contributed by atoms with Crippen molar-refractivity contribution < 1.29 is 4.79 Å². The summed E-state index contributed by atoms with van der Waals surface area (Å²) < 4.78 is 0. The standard InChI is InChI=1S/C15H16ClN3OS/c16-12-2-1-3-13(10-12)19-7-4-11(5-8-19)14(20)18-15-17-6-9-21-15/h1-3,6,9-11H,4-5,7-8H2,(H,17,18,20). The molecule has 1 aromatic heterocycles. The molecule has 1 aliphatic rings. The normalized spacial score (nSPS) is 16.0. The molecule has 1 aliphatic heterocycles. The van der Waals surface area contributed by atoms with Crippen molar-refractivity contribution in [2.24, 2.45) is 5.92 Å². The molecule has 21 heavy (non-hydrogen) atoms. The van der Waals surface area contributed by atoms with Crippen LogP contribution < -0.4 is 10.2 Å². The number of halogens is 1. The number of benzene rings is 1. The fourth-order valence-electron chi connectivity index (χ4n) is 2.57. The summed E-state index contributed by atoms with van der Waals surface area (Å²) in [7, 11) is 0. The fraction of sp³-hybridized carbons (Fsp3) is 0.333. The van der Waals surface area contributed by atoms with Gasteiger partial charge in [-0.1, -0.05) is 17.7 Å². The Morgan fingerprint density at radius 3 is 2.86 bits per heavy atom. The summed E-state index contributed by atoms with van der Waals surface area (Å²) in [6.45, 7) is 1.74. The van der Waals surface area contributed by atoms with Crippen molar-refractivity contribution in [2.75, 3.05) is 23.3 Å². The minimum atomic E-state index is 0.0596. The van der Waals surface area contributed by atoms with Crippen LogP contribution in [0.4, 0.5) is 10.8 Å². The third-order valence-corrected chi connectivity index (χ3v) is 4.63. The van der Waals surface area contributed by atoms with Gasteiger partial charge in [-0.3, -0.25) is 4.79 Å². The maximum absolute atomic E-state index is 12.2. The summed E-state index contributed by atoms with van der Waals surface area (Å²) in [5.41, 5.74) is 1.13. The Morgan fingerprint density at radius 1 is 1.38 bits per heavy atom. The third-order valence-electron chi connectivity index (χ3n) is 3.70. The molecule has 0 unspecified atom stereocenters. The molecule has 1 amide bonds. The topological polar surface area (TPSA) is 45.2 Å². The van der Waals surface area contributed by atoms with Gasteiger partial charge in [0.2, 0.25) is 5.91 Å². The van der Waals surface area contributed by atoms with E-state index in [1.165, 1.54) is 11.3 Å². The van der Waals surface area contributed by atoms with Gasteiger partial charge in [-0.05, 0) is 31.0 Å². The average molecular weight is 322 g/mol. The lowest BCUT2D eigenvalue weighted by Gasteiger charge is -2.32. The van der Waals surface area contributed by atoms with Gasteiger partial charge in [0.15, 0.2) is 5.13 Å². The zero-order chi connectivity index (χ0) is 14.7. The Labute approximate surface area is 132 Å². The van der Waals surface area contributed by atoms with Crippen LogP contribution in [0.25, 0.3) is 0 Å². The molecule has 0 radical (unpaired) electrons. The number of piperidine rings is 1. The van der Waals surface area contributed by atoms with Crippen molar-refractivity contribution in [3.8, 4) is 0 Å². The molecule has 0 bridgehead atoms. The first-order valence-corrected chi connectivity index (χ1v) is 8.19. The van der Waals surface area contributed by atoms with Crippen molar-refractivity contribution in [1.29, 1.82) is 0 Å². The van der Waals surface area contributed by atoms with Crippen LogP contribution in [0.15, 0.2) is 35.8 Å². The predicted molar refractivity (Wildman–Crippen MR) is 87.1 cm³/mol. The van der Waals surface area contributed by atoms with Crippen LogP contribution in [-0.4, -0.2) is 24.0 Å². The number of hydrogen-bond donors (Lipinski definition) is 1. The van der Waals surface area contributed by atoms with Crippen LogP contribution in [0.1, 0.15) is 12.8 Å². The minimum Gasteiger partial charge on any atom is -0.371 e. The number of amides is 1. The molecular weight excluding hydrogens is 306 g/mol. The Hall–Kier alpha value is -1.59. The van der Waals surface area contributed by atoms with Crippen LogP contribution in [0.2, 0.25) is 5.02 Å². The van der Waals surface area contributed by atoms with Crippen molar-refractivity contribution in [3.05, 3.63) is 40.9 Å². The van der Waals surface area contributed by atoms with Crippen molar-refractivity contribution >= 4 is 39.7 Å². The van der Waals surface area contributed by atoms with Gasteiger partial charge in [0.1, 0.15) is 0 Å². The number of carbonyl (C=O) groups excluding carboxylic acids is 1. The zero-order valence-electron chi connectivity index (χ0n) is 11.5. The molecule has 110 valence electrons. The molecule has 0 saturated carbocycles. The first kappa shape index (κ1) is 14.4. The molecule has 0 atom stereocenters. The molecule has 0 spiro atoms. The predicted octanol–water partition coefficient (Wildman–Crippen LogP) is 3.65. The second kappa shape index (κ2) is 6.45. The molecule has 2 aromatic rings. The molecule has 2 heterocycles. The van der Waals surface area contributed by atoms with Crippen molar-refractivity contribution in [1.82, 2.24) is 4.98 Å². The van der Waals surface area contributed by atoms with E-state index >= 15 is 0 Å². The summed E-state index contributed by atoms with van der Waals surface area (Å²) in [6, 6.07) is 7.86. The Balaban J connectivity index is 1.56. The summed E-state index contributed by atoms with van der Waals surface area (Å²) in [5, 5.41) is 6.17. The van der Waals surface area contributed by atoms with E-state index in [2.05, 4.69) is 21.3 Å². The maximum atomic E-state index is 12.2. The largest absolute Gasteiger partial charge is 0.371 e. The second-order valence-corrected chi connectivity index (χ2v) is 6.40. The lowest BCUT2D eigenvalue weighted by atomic mass is 9.95. The molecule has 1 N–H and O–H groups in total. The van der Waals surface area contributed by atoms with Crippen LogP contribution in [-0.2, 0) is 4.79 Å². The maximum Gasteiger partial charge on any atom is 0.229 e. The summed E-state index contributed by atoms with van der Waals surface area (Å²) in [5.74, 6) is 0.139. The quantitative estimate of drug-likeness (QED) is 0.938. The number of rotatable bonds is 3. The van der Waals surface area contributed by atoms with E-state index in [0.29, 0.717) is 5.13 Å². The monoisotopic (exact) mass is 321 g/mol. The van der Waals surface area contributed by atoms with Gasteiger partial charge in [-0.25, -0.2) is 4.98 Å². The van der Waals surface area contributed by atoms with E-state index in [9.17, 15) is 4.79 Å². The van der Waals surface area contributed by atoms with Gasteiger partial charge in [0, 0.05) is 41.3 Å². The lowest BCUT2D eigenvalue weighted by molar-refractivity contribution is -0.120. The highest BCUT2D eigenvalue weighted by molar-refractivity contribution is 7.13. The van der Waals surface area contributed by atoms with Crippen LogP contribution in [0.5, 0.6) is 0 Å². The summed E-state index contributed by atoms with van der Waals surface area (Å²) in [4.78, 5) is 18.5. The van der Waals surface area contributed by atoms with Crippen LogP contribution >= 0.6 is 22.9 Å². The van der Waals surface area contributed by atoms with Crippen LogP contribution in [0.3, 0.4) is 0 Å². The molecule has 1 aromatic carbocycles. The molecule has 1 fully saturated rings. The highest BCUT2D eigenvalue weighted by atomic mass is 35.5. The van der Waals surface area contributed by atoms with Gasteiger partial charge >= 0.3 is 0 Å². The number of thiazole rings is 1. The third kappa shape index (κ3) is 3.54. The van der Waals surface area contributed by atoms with E-state index in [1.807, 2.05) is 23.6 Å². The average Bonchev–Trinajstić information content (AvgIpc) is 3.00. The second-order valence-electron chi connectivity index (χ2n) is 5.07. The van der Waals surface area contributed by atoms with Gasteiger partial charge in [0.25, 0.3) is 0 Å². The SMILES string of the molecule is O=C(Nc1nccs1)C1CCN(c2cccc(Cl)c2)CC1. The Morgan fingerprint density at radius 2 is 2.19 bits per heavy atom. The van der Waals surface area contributed by atoms with Crippen molar-refractivity contribution in [3.63, 3.8) is 0 Å². The molecule has 1 saturated heterocycles. The molecule has 3 rings (SSSR count). The number of anilines is 2. The number of hydrogen-bond acceptors (Lipinski definition) is 4. The highest BCUT2D eigenvalue weighted by Crippen LogP contribution is 2.26. The first-order valence-electron chi connectivity index (χ1n) is 6.93. The number of aromatic nitrogens is 1. The first-order chi connectivity index (χ1) is 10.2. The molecule has 6 heteroatoms. The zero-order valence-corrected chi connectivity index (χ0v) is 13.0. The van der Waals surface area contributed by atoms with E-state index in [0.717, 1.165) is 36.6 Å². The Bertz CT molecular complexity index is 609. The number of nitrogens with one attached hydrogen (secondary N) is 1. The van der Waals surface area contributed by atoms with E-state index in [-0.39, 0.29) is 11.8 Å². The van der Waals surface area contributed by atoms with E-state index in [1.54, 1.807) is 6.20 Å². The molecule has 0 aliphatic carbocycles. The van der Waals surface area contributed by atoms with Gasteiger partial charge < -0.3 is 10.2 Å². The summed E-state index contributed by atoms with van der Waals surface area (Å²) in [6.07, 6.45) is 3.40. The minimum absolute atomic E-state index is 0.0596. The van der Waals surface area contributed by atoms with Crippen molar-refractivity contribution in [2.45, 2.75) is 12.8 Å². The van der Waals surface area contributed by atoms with E-state index < -0.39 is 0 Å². The number of carbonyl (C=O) groups is 1. The highest BCUT2D eigenvalue weighted by Gasteiger charge is 2.25. The fourth-order valence-corrected chi connectivity index (χ4v) is 3.28. The van der Waals surface area contributed by atoms with Gasteiger partial charge in [-0.15, -0.1) is 11.3 Å². The van der Waals surface area contributed by atoms with Crippen LogP contribution in [0, 0.1) is 5.92 Å². The Kier molecular flexibility index (Phi) is 4.41. The van der Waals surface area contributed by atoms with Gasteiger partial charge in [-0.2, -0.15) is 0 Å². The molecule has 4 nitrogen and oxygen atoms in total. The summed E-state index contributed by atoms with van der Waals surface area (Å²) >= 11 is 7.47. The molecular formula is C15H16ClN3OS. The lowest BCUT2D eigenvalue weighted by Crippen LogP contribution is -2.38. The van der Waals surface area contributed by atoms with Gasteiger partial charge in [0.05, 0.1) is 0 Å².